The maximum absolute atomic E-state index is 13.1. The zero-order valence-corrected chi connectivity index (χ0v) is 20.8. The molecule has 2 aromatic rings. The van der Waals surface area contributed by atoms with E-state index in [0.717, 1.165) is 23.4 Å². The molecule has 0 bridgehead atoms. The molecule has 2 aliphatic heterocycles. The average molecular weight is 485 g/mol. The number of hydrogen-bond acceptors (Lipinski definition) is 5. The number of sulfonamides is 1. The highest BCUT2D eigenvalue weighted by Crippen LogP contribution is 2.30. The van der Waals surface area contributed by atoms with Crippen molar-refractivity contribution in [3.63, 3.8) is 0 Å². The normalized spacial score (nSPS) is 20.0. The molecule has 2 heterocycles. The Morgan fingerprint density at radius 2 is 1.76 bits per heavy atom. The van der Waals surface area contributed by atoms with Gasteiger partial charge < -0.3 is 15.1 Å². The number of piperazine rings is 1. The van der Waals surface area contributed by atoms with Crippen LogP contribution in [0.5, 0.6) is 0 Å². The number of nitrogens with one attached hydrogen (secondary N) is 1. The number of benzene rings is 2. The number of amides is 2. The highest BCUT2D eigenvalue weighted by molar-refractivity contribution is 7.89. The molecule has 2 amide bonds. The van der Waals surface area contributed by atoms with Crippen molar-refractivity contribution in [1.82, 2.24) is 9.21 Å². The van der Waals surface area contributed by atoms with Gasteiger partial charge in [-0.25, -0.2) is 8.42 Å². The van der Waals surface area contributed by atoms with E-state index < -0.39 is 15.9 Å². The molecule has 8 nitrogen and oxygen atoms in total. The van der Waals surface area contributed by atoms with Crippen LogP contribution in [0.1, 0.15) is 24.5 Å². The van der Waals surface area contributed by atoms with Crippen LogP contribution in [0.4, 0.5) is 11.4 Å². The molecular formula is C25H32N4O4S. The Kier molecular flexibility index (Phi) is 7.06. The maximum atomic E-state index is 13.1. The monoisotopic (exact) mass is 484 g/mol. The largest absolute Gasteiger partial charge is 0.326 e. The molecule has 2 saturated heterocycles. The highest BCUT2D eigenvalue weighted by atomic mass is 32.2. The van der Waals surface area contributed by atoms with Crippen LogP contribution in [0, 0.1) is 19.8 Å². The van der Waals surface area contributed by atoms with Gasteiger partial charge >= 0.3 is 0 Å². The van der Waals surface area contributed by atoms with Gasteiger partial charge in [-0.2, -0.15) is 4.31 Å². The van der Waals surface area contributed by atoms with Gasteiger partial charge in [-0.1, -0.05) is 25.1 Å². The topological polar surface area (TPSA) is 90.0 Å². The standard InChI is InChI=1S/C25H32N4O4S/c1-4-27-11-13-28(14-12-27)34(32,33)22-9-6-8-21(16-22)26-25(31)20-15-24(30)29(17-20)23-10-5-7-18(2)19(23)3/h5-10,16,20H,4,11-15,17H2,1-3H3,(H,26,31). The summed E-state index contributed by atoms with van der Waals surface area (Å²) in [4.78, 5) is 29.7. The molecule has 0 aliphatic carbocycles. The third kappa shape index (κ3) is 4.87. The number of carbonyl (C=O) groups excluding carboxylic acids is 2. The minimum atomic E-state index is -3.64. The number of hydrogen-bond donors (Lipinski definition) is 1. The fourth-order valence-corrected chi connectivity index (χ4v) is 6.03. The molecule has 34 heavy (non-hydrogen) atoms. The number of likely N-dealkylation sites (N-methyl/N-ethyl adjacent to an activating group) is 1. The third-order valence-electron chi connectivity index (χ3n) is 6.88. The molecule has 2 fully saturated rings. The molecule has 0 saturated carbocycles. The number of rotatable bonds is 6. The lowest BCUT2D eigenvalue weighted by atomic mass is 10.1. The lowest BCUT2D eigenvalue weighted by Gasteiger charge is -2.33. The Morgan fingerprint density at radius 3 is 2.47 bits per heavy atom. The first kappa shape index (κ1) is 24.4. The summed E-state index contributed by atoms with van der Waals surface area (Å²) in [5.41, 5.74) is 3.36. The smallest absolute Gasteiger partial charge is 0.243 e. The van der Waals surface area contributed by atoms with Crippen molar-refractivity contribution in [1.29, 1.82) is 0 Å². The van der Waals surface area contributed by atoms with Crippen molar-refractivity contribution in [3.8, 4) is 0 Å². The van der Waals surface area contributed by atoms with Gasteiger partial charge in [0, 0.05) is 50.5 Å². The van der Waals surface area contributed by atoms with Crippen LogP contribution in [0.25, 0.3) is 0 Å². The second-order valence-electron chi connectivity index (χ2n) is 8.98. The molecule has 0 aromatic heterocycles. The number of carbonyl (C=O) groups is 2. The van der Waals surface area contributed by atoms with Crippen molar-refractivity contribution >= 4 is 33.2 Å². The number of anilines is 2. The van der Waals surface area contributed by atoms with E-state index in [-0.39, 0.29) is 23.1 Å². The van der Waals surface area contributed by atoms with Crippen LogP contribution < -0.4 is 10.2 Å². The quantitative estimate of drug-likeness (QED) is 0.681. The highest BCUT2D eigenvalue weighted by Gasteiger charge is 2.36. The average Bonchev–Trinajstić information content (AvgIpc) is 3.22. The van der Waals surface area contributed by atoms with E-state index in [2.05, 4.69) is 17.1 Å². The molecule has 1 N–H and O–H groups in total. The Morgan fingerprint density at radius 1 is 1.06 bits per heavy atom. The second-order valence-corrected chi connectivity index (χ2v) is 10.9. The van der Waals surface area contributed by atoms with Gasteiger partial charge in [0.2, 0.25) is 21.8 Å². The summed E-state index contributed by atoms with van der Waals surface area (Å²) in [6, 6.07) is 12.2. The van der Waals surface area contributed by atoms with Gasteiger partial charge in [0.15, 0.2) is 0 Å². The summed E-state index contributed by atoms with van der Waals surface area (Å²) in [5.74, 6) is -0.876. The summed E-state index contributed by atoms with van der Waals surface area (Å²) >= 11 is 0. The molecule has 0 spiro atoms. The van der Waals surface area contributed by atoms with Crippen LogP contribution in [-0.2, 0) is 19.6 Å². The zero-order chi connectivity index (χ0) is 24.5. The molecule has 2 aliphatic rings. The third-order valence-corrected chi connectivity index (χ3v) is 8.78. The molecule has 182 valence electrons. The van der Waals surface area contributed by atoms with Crippen LogP contribution in [-0.4, -0.2) is 68.7 Å². The lowest BCUT2D eigenvalue weighted by Crippen LogP contribution is -2.48. The van der Waals surface area contributed by atoms with Crippen molar-refractivity contribution in [2.24, 2.45) is 5.92 Å². The zero-order valence-electron chi connectivity index (χ0n) is 20.0. The van der Waals surface area contributed by atoms with Gasteiger partial charge in [-0.3, -0.25) is 9.59 Å². The Balaban J connectivity index is 1.45. The van der Waals surface area contributed by atoms with Crippen molar-refractivity contribution in [2.75, 3.05) is 49.5 Å². The number of aryl methyl sites for hydroxylation is 1. The fraction of sp³-hybridized carbons (Fsp3) is 0.440. The molecule has 1 unspecified atom stereocenters. The summed E-state index contributed by atoms with van der Waals surface area (Å²) < 4.78 is 27.7. The van der Waals surface area contributed by atoms with Gasteiger partial charge in [0.05, 0.1) is 10.8 Å². The van der Waals surface area contributed by atoms with Gasteiger partial charge in [-0.15, -0.1) is 0 Å². The molecule has 9 heteroatoms. The van der Waals surface area contributed by atoms with E-state index in [0.29, 0.717) is 38.4 Å². The lowest BCUT2D eigenvalue weighted by molar-refractivity contribution is -0.122. The first-order valence-corrected chi connectivity index (χ1v) is 13.1. The molecule has 1 atom stereocenters. The first-order chi connectivity index (χ1) is 16.2. The predicted molar refractivity (Wildman–Crippen MR) is 132 cm³/mol. The van der Waals surface area contributed by atoms with E-state index in [1.807, 2.05) is 32.0 Å². The van der Waals surface area contributed by atoms with Crippen molar-refractivity contribution in [2.45, 2.75) is 32.1 Å². The SMILES string of the molecule is CCN1CCN(S(=O)(=O)c2cccc(NC(=O)C3CC(=O)N(c4cccc(C)c4C)C3)c2)CC1. The van der Waals surface area contributed by atoms with Gasteiger partial charge in [0.1, 0.15) is 0 Å². The molecule has 2 aromatic carbocycles. The Bertz CT molecular complexity index is 1190. The van der Waals surface area contributed by atoms with Gasteiger partial charge in [0.25, 0.3) is 0 Å². The van der Waals surface area contributed by atoms with Crippen LogP contribution in [0.15, 0.2) is 47.4 Å². The van der Waals surface area contributed by atoms with Crippen molar-refractivity contribution in [3.05, 3.63) is 53.6 Å². The molecule has 0 radical (unpaired) electrons. The Labute approximate surface area is 201 Å². The summed E-state index contributed by atoms with van der Waals surface area (Å²) in [5, 5.41) is 2.83. The van der Waals surface area contributed by atoms with E-state index in [9.17, 15) is 18.0 Å². The Hall–Kier alpha value is -2.75. The minimum absolute atomic E-state index is 0.0867. The van der Waals surface area contributed by atoms with E-state index >= 15 is 0 Å². The second kappa shape index (κ2) is 9.85. The summed E-state index contributed by atoms with van der Waals surface area (Å²) in [7, 11) is -3.64. The molecule has 4 rings (SSSR count). The van der Waals surface area contributed by atoms with Crippen LogP contribution in [0.2, 0.25) is 0 Å². The fourth-order valence-electron chi connectivity index (χ4n) is 4.56. The first-order valence-electron chi connectivity index (χ1n) is 11.7. The maximum Gasteiger partial charge on any atom is 0.243 e. The van der Waals surface area contributed by atoms with E-state index in [1.165, 1.54) is 10.4 Å². The minimum Gasteiger partial charge on any atom is -0.326 e. The predicted octanol–water partition coefficient (Wildman–Crippen LogP) is 2.62. The van der Waals surface area contributed by atoms with Crippen molar-refractivity contribution < 1.29 is 18.0 Å². The summed E-state index contributed by atoms with van der Waals surface area (Å²) in [6.07, 6.45) is 0.124. The molecular weight excluding hydrogens is 452 g/mol. The van der Waals surface area contributed by atoms with E-state index in [1.54, 1.807) is 23.1 Å². The number of nitrogens with zero attached hydrogens (tertiary/aromatic N) is 3. The van der Waals surface area contributed by atoms with Gasteiger partial charge in [-0.05, 0) is 55.8 Å². The van der Waals surface area contributed by atoms with E-state index in [4.69, 9.17) is 0 Å². The van der Waals surface area contributed by atoms with Crippen LogP contribution in [0.3, 0.4) is 0 Å². The van der Waals surface area contributed by atoms with Crippen LogP contribution >= 0.6 is 0 Å². The summed E-state index contributed by atoms with van der Waals surface area (Å²) in [6.45, 7) is 9.55.